The predicted octanol–water partition coefficient (Wildman–Crippen LogP) is 1.99. The van der Waals surface area contributed by atoms with E-state index in [9.17, 15) is 9.50 Å². The number of ether oxygens (including phenoxy) is 1. The van der Waals surface area contributed by atoms with Crippen molar-refractivity contribution in [3.05, 3.63) is 34.3 Å². The molecular formula is C12H13BrFN3O2. The molecule has 0 spiro atoms. The Bertz CT molecular complexity index is 554. The molecule has 1 aromatic carbocycles. The summed E-state index contributed by atoms with van der Waals surface area (Å²) in [6, 6.07) is 4.69. The van der Waals surface area contributed by atoms with E-state index >= 15 is 0 Å². The summed E-state index contributed by atoms with van der Waals surface area (Å²) >= 11 is 3.30. The van der Waals surface area contributed by atoms with Gasteiger partial charge >= 0.3 is 0 Å². The third kappa shape index (κ3) is 2.83. The van der Waals surface area contributed by atoms with Crippen LogP contribution in [0, 0.1) is 5.82 Å². The van der Waals surface area contributed by atoms with Crippen LogP contribution >= 0.6 is 15.9 Å². The summed E-state index contributed by atoms with van der Waals surface area (Å²) in [5.41, 5.74) is 0.325. The largest absolute Gasteiger partial charge is 0.388 e. The highest BCUT2D eigenvalue weighted by atomic mass is 79.9. The number of hydrogen-bond donors (Lipinski definition) is 1. The number of rotatable bonds is 5. The Hall–Kier alpha value is -1.31. The van der Waals surface area contributed by atoms with Crippen LogP contribution in [-0.4, -0.2) is 33.6 Å². The molecule has 2 aromatic rings. The van der Waals surface area contributed by atoms with Gasteiger partial charge in [-0.25, -0.2) is 4.39 Å². The Morgan fingerprint density at radius 1 is 1.42 bits per heavy atom. The van der Waals surface area contributed by atoms with Gasteiger partial charge in [0.15, 0.2) is 11.6 Å². The van der Waals surface area contributed by atoms with E-state index in [2.05, 4.69) is 26.1 Å². The normalized spacial score (nSPS) is 10.9. The molecule has 1 aromatic heterocycles. The summed E-state index contributed by atoms with van der Waals surface area (Å²) in [6.45, 7) is 0.600. The van der Waals surface area contributed by atoms with E-state index in [0.29, 0.717) is 34.8 Å². The molecule has 102 valence electrons. The molecule has 2 rings (SSSR count). The van der Waals surface area contributed by atoms with Crippen LogP contribution < -0.4 is 0 Å². The lowest BCUT2D eigenvalue weighted by molar-refractivity contribution is 0.183. The van der Waals surface area contributed by atoms with Gasteiger partial charge < -0.3 is 14.4 Å². The van der Waals surface area contributed by atoms with Crippen molar-refractivity contribution in [3.8, 4) is 11.4 Å². The predicted molar refractivity (Wildman–Crippen MR) is 70.9 cm³/mol. The molecule has 19 heavy (non-hydrogen) atoms. The quantitative estimate of drug-likeness (QED) is 0.911. The van der Waals surface area contributed by atoms with Crippen LogP contribution in [0.25, 0.3) is 11.4 Å². The van der Waals surface area contributed by atoms with E-state index in [1.54, 1.807) is 23.8 Å². The summed E-state index contributed by atoms with van der Waals surface area (Å²) in [5, 5.41) is 17.1. The lowest BCUT2D eigenvalue weighted by Crippen LogP contribution is -2.10. The number of aliphatic hydroxyl groups excluding tert-OH is 1. The van der Waals surface area contributed by atoms with Gasteiger partial charge in [0.1, 0.15) is 12.4 Å². The highest BCUT2D eigenvalue weighted by molar-refractivity contribution is 9.10. The smallest absolute Gasteiger partial charge is 0.168 e. The molecule has 0 unspecified atom stereocenters. The molecule has 0 fully saturated rings. The molecule has 0 bridgehead atoms. The monoisotopic (exact) mass is 329 g/mol. The van der Waals surface area contributed by atoms with Gasteiger partial charge in [0, 0.05) is 18.1 Å². The molecule has 0 saturated heterocycles. The fourth-order valence-electron chi connectivity index (χ4n) is 1.77. The van der Waals surface area contributed by atoms with E-state index in [1.165, 1.54) is 6.07 Å². The van der Waals surface area contributed by atoms with Crippen molar-refractivity contribution in [2.24, 2.45) is 0 Å². The van der Waals surface area contributed by atoms with Gasteiger partial charge in [-0.05, 0) is 28.1 Å². The van der Waals surface area contributed by atoms with Gasteiger partial charge in [-0.3, -0.25) is 0 Å². The van der Waals surface area contributed by atoms with Crippen LogP contribution in [0.1, 0.15) is 5.82 Å². The van der Waals surface area contributed by atoms with Gasteiger partial charge in [0.25, 0.3) is 0 Å². The van der Waals surface area contributed by atoms with Crippen LogP contribution in [0.2, 0.25) is 0 Å². The number of halogens is 2. The fourth-order valence-corrected chi connectivity index (χ4v) is 2.29. The summed E-state index contributed by atoms with van der Waals surface area (Å²) in [6.07, 6.45) is 0. The Labute approximate surface area is 118 Å². The van der Waals surface area contributed by atoms with Gasteiger partial charge in [-0.2, -0.15) is 0 Å². The average molecular weight is 330 g/mol. The lowest BCUT2D eigenvalue weighted by Gasteiger charge is -2.10. The Morgan fingerprint density at radius 3 is 2.84 bits per heavy atom. The van der Waals surface area contributed by atoms with Crippen LogP contribution in [-0.2, 0) is 17.9 Å². The van der Waals surface area contributed by atoms with Crippen LogP contribution in [0.15, 0.2) is 22.7 Å². The van der Waals surface area contributed by atoms with Crippen molar-refractivity contribution >= 4 is 15.9 Å². The minimum absolute atomic E-state index is 0.261. The number of nitrogens with zero attached hydrogens (tertiary/aromatic N) is 3. The van der Waals surface area contributed by atoms with Crippen LogP contribution in [0.3, 0.4) is 0 Å². The Morgan fingerprint density at radius 2 is 2.21 bits per heavy atom. The topological polar surface area (TPSA) is 60.2 Å². The van der Waals surface area contributed by atoms with Crippen molar-refractivity contribution in [2.45, 2.75) is 13.2 Å². The Kier molecular flexibility index (Phi) is 4.62. The molecule has 0 aliphatic heterocycles. The van der Waals surface area contributed by atoms with Crippen molar-refractivity contribution < 1.29 is 14.2 Å². The second kappa shape index (κ2) is 6.23. The maximum absolute atomic E-state index is 13.9. The molecule has 7 heteroatoms. The summed E-state index contributed by atoms with van der Waals surface area (Å²) < 4.78 is 21.2. The molecule has 0 atom stereocenters. The number of hydrogen-bond acceptors (Lipinski definition) is 4. The summed E-state index contributed by atoms with van der Waals surface area (Å²) in [5.74, 6) is 0.346. The van der Waals surface area contributed by atoms with E-state index < -0.39 is 5.82 Å². The molecule has 1 heterocycles. The minimum atomic E-state index is -0.398. The second-order valence-electron chi connectivity index (χ2n) is 3.84. The number of methoxy groups -OCH3 is 1. The first-order valence-electron chi connectivity index (χ1n) is 5.65. The van der Waals surface area contributed by atoms with Crippen molar-refractivity contribution in [2.75, 3.05) is 13.7 Å². The molecule has 0 amide bonds. The third-order valence-electron chi connectivity index (χ3n) is 2.67. The van der Waals surface area contributed by atoms with E-state index in [4.69, 9.17) is 4.74 Å². The zero-order valence-electron chi connectivity index (χ0n) is 10.3. The Balaban J connectivity index is 2.52. The SMILES string of the molecule is COCCn1c(CO)nnc1-c1c(F)cccc1Br. The molecule has 1 N–H and O–H groups in total. The van der Waals surface area contributed by atoms with Gasteiger partial charge in [0.05, 0.1) is 12.2 Å². The fraction of sp³-hybridized carbons (Fsp3) is 0.333. The standard InChI is InChI=1S/C12H13BrFN3O2/c1-19-6-5-17-10(7-18)15-16-12(17)11-8(13)3-2-4-9(11)14/h2-4,18H,5-7H2,1H3. The molecule has 0 aliphatic carbocycles. The zero-order chi connectivity index (χ0) is 13.8. The first kappa shape index (κ1) is 14.1. The van der Waals surface area contributed by atoms with E-state index in [1.807, 2.05) is 0 Å². The minimum Gasteiger partial charge on any atom is -0.388 e. The molecule has 5 nitrogen and oxygen atoms in total. The van der Waals surface area contributed by atoms with E-state index in [0.717, 1.165) is 0 Å². The zero-order valence-corrected chi connectivity index (χ0v) is 11.9. The number of aliphatic hydroxyl groups is 1. The third-order valence-corrected chi connectivity index (χ3v) is 3.34. The summed E-state index contributed by atoms with van der Waals surface area (Å²) in [7, 11) is 1.57. The van der Waals surface area contributed by atoms with Crippen molar-refractivity contribution in [3.63, 3.8) is 0 Å². The van der Waals surface area contributed by atoms with E-state index in [-0.39, 0.29) is 6.61 Å². The first-order chi connectivity index (χ1) is 9.19. The second-order valence-corrected chi connectivity index (χ2v) is 4.69. The van der Waals surface area contributed by atoms with Crippen LogP contribution in [0.4, 0.5) is 4.39 Å². The average Bonchev–Trinajstić information content (AvgIpc) is 2.79. The van der Waals surface area contributed by atoms with Crippen molar-refractivity contribution in [1.29, 1.82) is 0 Å². The maximum Gasteiger partial charge on any atom is 0.168 e. The lowest BCUT2D eigenvalue weighted by atomic mass is 10.2. The maximum atomic E-state index is 13.9. The van der Waals surface area contributed by atoms with Gasteiger partial charge in [-0.1, -0.05) is 6.07 Å². The molecule has 0 radical (unpaired) electrons. The number of benzene rings is 1. The first-order valence-corrected chi connectivity index (χ1v) is 6.44. The molecule has 0 saturated carbocycles. The van der Waals surface area contributed by atoms with Crippen molar-refractivity contribution in [1.82, 2.24) is 14.8 Å². The molecular weight excluding hydrogens is 317 g/mol. The molecule has 0 aliphatic rings. The highest BCUT2D eigenvalue weighted by Gasteiger charge is 2.18. The van der Waals surface area contributed by atoms with Crippen LogP contribution in [0.5, 0.6) is 0 Å². The van der Waals surface area contributed by atoms with Gasteiger partial charge in [-0.15, -0.1) is 10.2 Å². The number of aromatic nitrogens is 3. The summed E-state index contributed by atoms with van der Waals surface area (Å²) in [4.78, 5) is 0. The highest BCUT2D eigenvalue weighted by Crippen LogP contribution is 2.29. The van der Waals surface area contributed by atoms with Gasteiger partial charge in [0.2, 0.25) is 0 Å².